The summed E-state index contributed by atoms with van der Waals surface area (Å²) in [7, 11) is 0. The lowest BCUT2D eigenvalue weighted by Crippen LogP contribution is -2.24. The summed E-state index contributed by atoms with van der Waals surface area (Å²) in [6.45, 7) is 2.55. The predicted octanol–water partition coefficient (Wildman–Crippen LogP) is 4.43. The molecule has 0 radical (unpaired) electrons. The van der Waals surface area contributed by atoms with Gasteiger partial charge in [0.1, 0.15) is 11.9 Å². The fraction of sp³-hybridized carbons (Fsp3) is 0.294. The molecule has 0 spiro atoms. The van der Waals surface area contributed by atoms with Gasteiger partial charge in [0.25, 0.3) is 0 Å². The number of hydrogen-bond donors (Lipinski definition) is 0. The molecule has 0 bridgehead atoms. The number of aromatic nitrogens is 1. The molecule has 1 amide bonds. The van der Waals surface area contributed by atoms with Crippen molar-refractivity contribution in [3.8, 4) is 11.3 Å². The maximum atomic E-state index is 14.5. The molecule has 1 aliphatic heterocycles. The van der Waals surface area contributed by atoms with Crippen molar-refractivity contribution >= 4 is 11.8 Å². The van der Waals surface area contributed by atoms with Crippen molar-refractivity contribution in [2.75, 3.05) is 11.4 Å². The van der Waals surface area contributed by atoms with Gasteiger partial charge in [0, 0.05) is 16.7 Å². The smallest absolute Gasteiger partial charge is 0.414 e. The molecule has 1 fully saturated rings. The molecule has 128 valence electrons. The van der Waals surface area contributed by atoms with E-state index < -0.39 is 11.9 Å². The van der Waals surface area contributed by atoms with Crippen molar-refractivity contribution < 1.29 is 13.9 Å². The Kier molecular flexibility index (Phi) is 4.81. The van der Waals surface area contributed by atoms with Crippen molar-refractivity contribution in [1.82, 2.24) is 4.98 Å². The molecule has 1 saturated heterocycles. The van der Waals surface area contributed by atoms with Gasteiger partial charge >= 0.3 is 6.09 Å². The Morgan fingerprint density at radius 3 is 2.88 bits per heavy atom. The number of ether oxygens (including phenoxy) is 1. The zero-order chi connectivity index (χ0) is 17.8. The van der Waals surface area contributed by atoms with Crippen molar-refractivity contribution in [2.24, 2.45) is 5.11 Å². The first-order valence-electron chi connectivity index (χ1n) is 7.86. The van der Waals surface area contributed by atoms with Crippen LogP contribution in [0.25, 0.3) is 21.7 Å². The second-order valence-corrected chi connectivity index (χ2v) is 5.63. The molecule has 0 N–H and O–H groups in total. The summed E-state index contributed by atoms with van der Waals surface area (Å²) in [5.74, 6) is -0.472. The molecule has 25 heavy (non-hydrogen) atoms. The standard InChI is InChI=1S/C17H16FN5O2/c1-2-13-10-23(17(24)25-13)12-4-5-14(15(18)7-12)16-6-3-11(8-20-16)9-21-22-19/h3-8,13H,2,9-10H2,1H3/t13-/m0/s1. The van der Waals surface area contributed by atoms with Crippen LogP contribution >= 0.6 is 0 Å². The first-order chi connectivity index (χ1) is 12.1. The summed E-state index contributed by atoms with van der Waals surface area (Å²) in [5, 5.41) is 3.46. The minimum Gasteiger partial charge on any atom is -0.444 e. The average molecular weight is 341 g/mol. The van der Waals surface area contributed by atoms with E-state index in [-0.39, 0.29) is 12.6 Å². The Balaban J connectivity index is 1.82. The summed E-state index contributed by atoms with van der Waals surface area (Å²) >= 11 is 0. The van der Waals surface area contributed by atoms with Crippen LogP contribution in [-0.4, -0.2) is 23.7 Å². The van der Waals surface area contributed by atoms with Gasteiger partial charge in [-0.1, -0.05) is 18.1 Å². The molecule has 1 aliphatic rings. The van der Waals surface area contributed by atoms with Gasteiger partial charge in [-0.05, 0) is 41.8 Å². The molecule has 2 aromatic rings. The Labute approximate surface area is 143 Å². The highest BCUT2D eigenvalue weighted by Gasteiger charge is 2.31. The van der Waals surface area contributed by atoms with E-state index in [0.29, 0.717) is 23.5 Å². The summed E-state index contributed by atoms with van der Waals surface area (Å²) in [6.07, 6.45) is 1.63. The predicted molar refractivity (Wildman–Crippen MR) is 90.4 cm³/mol. The highest BCUT2D eigenvalue weighted by molar-refractivity contribution is 5.90. The first-order valence-corrected chi connectivity index (χ1v) is 7.86. The quantitative estimate of drug-likeness (QED) is 0.457. The molecule has 8 heteroatoms. The largest absolute Gasteiger partial charge is 0.444 e. The van der Waals surface area contributed by atoms with Crippen molar-refractivity contribution in [2.45, 2.75) is 26.0 Å². The number of anilines is 1. The fourth-order valence-corrected chi connectivity index (χ4v) is 2.62. The number of cyclic esters (lactones) is 1. The molecule has 1 aromatic heterocycles. The molecule has 1 atom stereocenters. The van der Waals surface area contributed by atoms with E-state index in [2.05, 4.69) is 15.0 Å². The van der Waals surface area contributed by atoms with Crippen molar-refractivity contribution in [3.63, 3.8) is 0 Å². The van der Waals surface area contributed by atoms with Gasteiger partial charge in [0.15, 0.2) is 0 Å². The molecular weight excluding hydrogens is 325 g/mol. The third-order valence-electron chi connectivity index (χ3n) is 4.01. The van der Waals surface area contributed by atoms with Gasteiger partial charge in [-0.2, -0.15) is 0 Å². The highest BCUT2D eigenvalue weighted by atomic mass is 19.1. The van der Waals surface area contributed by atoms with E-state index in [1.165, 1.54) is 11.0 Å². The minimum atomic E-state index is -0.472. The number of benzene rings is 1. The number of hydrogen-bond acceptors (Lipinski definition) is 4. The van der Waals surface area contributed by atoms with Gasteiger partial charge in [-0.25, -0.2) is 9.18 Å². The normalized spacial score (nSPS) is 16.5. The van der Waals surface area contributed by atoms with E-state index >= 15 is 0 Å². The number of azide groups is 1. The molecule has 0 saturated carbocycles. The number of halogens is 1. The van der Waals surface area contributed by atoms with Crippen LogP contribution in [0, 0.1) is 5.82 Å². The van der Waals surface area contributed by atoms with Gasteiger partial charge in [-0.3, -0.25) is 9.88 Å². The van der Waals surface area contributed by atoms with E-state index in [9.17, 15) is 9.18 Å². The zero-order valence-corrected chi connectivity index (χ0v) is 13.6. The maximum Gasteiger partial charge on any atom is 0.414 e. The summed E-state index contributed by atoms with van der Waals surface area (Å²) in [5.41, 5.74) is 10.3. The molecule has 2 heterocycles. The Morgan fingerprint density at radius 1 is 1.44 bits per heavy atom. The van der Waals surface area contributed by atoms with Crippen molar-refractivity contribution in [3.05, 3.63) is 58.4 Å². The fourth-order valence-electron chi connectivity index (χ4n) is 2.62. The lowest BCUT2D eigenvalue weighted by Gasteiger charge is -2.14. The minimum absolute atomic E-state index is 0.166. The number of carbonyl (C=O) groups is 1. The van der Waals surface area contributed by atoms with Crippen LogP contribution in [0.5, 0.6) is 0 Å². The molecule has 1 aromatic carbocycles. The maximum absolute atomic E-state index is 14.5. The number of carbonyl (C=O) groups excluding carboxylic acids is 1. The van der Waals surface area contributed by atoms with Crippen molar-refractivity contribution in [1.29, 1.82) is 0 Å². The number of nitrogens with zero attached hydrogens (tertiary/aromatic N) is 5. The monoisotopic (exact) mass is 341 g/mol. The van der Waals surface area contributed by atoms with Crippen LogP contribution in [-0.2, 0) is 11.3 Å². The Morgan fingerprint density at radius 2 is 2.28 bits per heavy atom. The molecule has 3 rings (SSSR count). The topological polar surface area (TPSA) is 91.2 Å². The second-order valence-electron chi connectivity index (χ2n) is 5.63. The molecular formula is C17H16FN5O2. The van der Waals surface area contributed by atoms with Gasteiger partial charge < -0.3 is 4.74 Å². The van der Waals surface area contributed by atoms with E-state index in [4.69, 9.17) is 10.3 Å². The number of amides is 1. The lowest BCUT2D eigenvalue weighted by molar-refractivity contribution is 0.139. The average Bonchev–Trinajstić information content (AvgIpc) is 3.01. The zero-order valence-electron chi connectivity index (χ0n) is 13.6. The van der Waals surface area contributed by atoms with E-state index in [1.54, 1.807) is 30.5 Å². The van der Waals surface area contributed by atoms with Gasteiger partial charge in [-0.15, -0.1) is 0 Å². The Hall–Kier alpha value is -3.12. The lowest BCUT2D eigenvalue weighted by atomic mass is 10.1. The molecule has 0 aliphatic carbocycles. The summed E-state index contributed by atoms with van der Waals surface area (Å²) in [6, 6.07) is 7.97. The number of rotatable bonds is 5. The van der Waals surface area contributed by atoms with Gasteiger partial charge in [0.05, 0.1) is 24.5 Å². The van der Waals surface area contributed by atoms with Crippen LogP contribution in [0.2, 0.25) is 0 Å². The third-order valence-corrected chi connectivity index (χ3v) is 4.01. The van der Waals surface area contributed by atoms with Crippen LogP contribution in [0.1, 0.15) is 18.9 Å². The van der Waals surface area contributed by atoms with Crippen LogP contribution in [0.4, 0.5) is 14.9 Å². The Bertz CT molecular complexity index is 833. The summed E-state index contributed by atoms with van der Waals surface area (Å²) in [4.78, 5) is 20.2. The van der Waals surface area contributed by atoms with Crippen LogP contribution in [0.15, 0.2) is 41.6 Å². The summed E-state index contributed by atoms with van der Waals surface area (Å²) < 4.78 is 19.7. The van der Waals surface area contributed by atoms with Gasteiger partial charge in [0.2, 0.25) is 0 Å². The van der Waals surface area contributed by atoms with E-state index in [0.717, 1.165) is 12.0 Å². The molecule has 7 nitrogen and oxygen atoms in total. The highest BCUT2D eigenvalue weighted by Crippen LogP contribution is 2.28. The van der Waals surface area contributed by atoms with Crippen LogP contribution in [0.3, 0.4) is 0 Å². The first kappa shape index (κ1) is 16.7. The third kappa shape index (κ3) is 3.54. The molecule has 0 unspecified atom stereocenters. The van der Waals surface area contributed by atoms with E-state index in [1.807, 2.05) is 6.92 Å². The number of pyridine rings is 1. The van der Waals surface area contributed by atoms with Crippen LogP contribution < -0.4 is 4.90 Å². The second kappa shape index (κ2) is 7.19. The SMILES string of the molecule is CC[C@H]1CN(c2ccc(-c3ccc(CN=[N+]=[N-])cn3)c(F)c2)C(=O)O1.